The summed E-state index contributed by atoms with van der Waals surface area (Å²) in [4.78, 5) is 2.32. The topological polar surface area (TPSA) is 60.9 Å². The summed E-state index contributed by atoms with van der Waals surface area (Å²) in [5, 5.41) is 8.65. The number of piperazine rings is 1. The highest BCUT2D eigenvalue weighted by atomic mass is 32.2. The van der Waals surface area contributed by atoms with Gasteiger partial charge < -0.3 is 10.0 Å². The van der Waals surface area contributed by atoms with E-state index in [-0.39, 0.29) is 6.61 Å². The Labute approximate surface area is 104 Å². The number of hydrogen-bond acceptors (Lipinski definition) is 4. The Balaban J connectivity index is 2.11. The van der Waals surface area contributed by atoms with Crippen LogP contribution in [-0.2, 0) is 10.0 Å². The molecule has 1 N–H and O–H groups in total. The average molecular weight is 264 g/mol. The minimum absolute atomic E-state index is 0.285. The third kappa shape index (κ3) is 5.81. The fourth-order valence-electron chi connectivity index (χ4n) is 2.09. The van der Waals surface area contributed by atoms with Gasteiger partial charge in [-0.15, -0.1) is 0 Å². The molecular formula is C11H24N2O3S. The molecule has 1 aliphatic heterocycles. The number of rotatable bonds is 7. The average Bonchev–Trinajstić information content (AvgIpc) is 2.28. The van der Waals surface area contributed by atoms with E-state index in [1.807, 2.05) is 0 Å². The highest BCUT2D eigenvalue weighted by molar-refractivity contribution is 7.88. The Morgan fingerprint density at radius 3 is 2.12 bits per heavy atom. The van der Waals surface area contributed by atoms with Crippen molar-refractivity contribution in [2.75, 3.05) is 45.6 Å². The predicted molar refractivity (Wildman–Crippen MR) is 68.4 cm³/mol. The van der Waals surface area contributed by atoms with E-state index >= 15 is 0 Å². The van der Waals surface area contributed by atoms with E-state index in [0.29, 0.717) is 13.1 Å². The summed E-state index contributed by atoms with van der Waals surface area (Å²) >= 11 is 0. The number of aliphatic hydroxyl groups excluding tert-OH is 1. The number of hydrogen-bond donors (Lipinski definition) is 1. The molecule has 1 heterocycles. The molecule has 0 aromatic carbocycles. The Morgan fingerprint density at radius 2 is 1.59 bits per heavy atom. The Bertz CT molecular complexity index is 298. The molecule has 1 rings (SSSR count). The molecule has 17 heavy (non-hydrogen) atoms. The van der Waals surface area contributed by atoms with Crippen LogP contribution in [0.2, 0.25) is 0 Å². The molecule has 0 bridgehead atoms. The van der Waals surface area contributed by atoms with Crippen molar-refractivity contribution in [1.82, 2.24) is 9.21 Å². The highest BCUT2D eigenvalue weighted by Gasteiger charge is 2.22. The zero-order chi connectivity index (χ0) is 12.7. The van der Waals surface area contributed by atoms with Crippen molar-refractivity contribution in [1.29, 1.82) is 0 Å². The summed E-state index contributed by atoms with van der Waals surface area (Å²) in [7, 11) is -3.00. The van der Waals surface area contributed by atoms with Crippen molar-refractivity contribution < 1.29 is 13.5 Å². The number of sulfonamides is 1. The van der Waals surface area contributed by atoms with Crippen LogP contribution in [-0.4, -0.2) is 68.3 Å². The second-order valence-electron chi connectivity index (χ2n) is 4.64. The maximum atomic E-state index is 11.3. The van der Waals surface area contributed by atoms with Crippen molar-refractivity contribution in [2.45, 2.75) is 25.7 Å². The molecule has 0 amide bonds. The normalized spacial score (nSPS) is 19.6. The van der Waals surface area contributed by atoms with Crippen LogP contribution in [0.5, 0.6) is 0 Å². The lowest BCUT2D eigenvalue weighted by Crippen LogP contribution is -2.48. The lowest BCUT2D eigenvalue weighted by atomic mass is 10.2. The van der Waals surface area contributed by atoms with Gasteiger partial charge in [-0.25, -0.2) is 8.42 Å². The van der Waals surface area contributed by atoms with E-state index in [2.05, 4.69) is 4.90 Å². The molecule has 0 aliphatic carbocycles. The van der Waals surface area contributed by atoms with Gasteiger partial charge in [0.25, 0.3) is 0 Å². The van der Waals surface area contributed by atoms with Gasteiger partial charge in [0, 0.05) is 32.8 Å². The van der Waals surface area contributed by atoms with Crippen molar-refractivity contribution in [3.63, 3.8) is 0 Å². The maximum absolute atomic E-state index is 11.3. The second kappa shape index (κ2) is 7.31. The SMILES string of the molecule is CS(=O)(=O)N1CCN(CCCCCCO)CC1. The minimum atomic E-state index is -3.00. The number of nitrogens with zero attached hydrogens (tertiary/aromatic N) is 2. The molecule has 1 saturated heterocycles. The van der Waals surface area contributed by atoms with Crippen LogP contribution in [0.3, 0.4) is 0 Å². The first-order chi connectivity index (χ1) is 8.04. The van der Waals surface area contributed by atoms with E-state index in [1.165, 1.54) is 6.26 Å². The summed E-state index contributed by atoms with van der Waals surface area (Å²) in [5.74, 6) is 0. The van der Waals surface area contributed by atoms with Gasteiger partial charge in [-0.05, 0) is 19.4 Å². The standard InChI is InChI=1S/C11H24N2O3S/c1-17(15,16)13-9-7-12(8-10-13)6-4-2-3-5-11-14/h14H,2-11H2,1H3. The van der Waals surface area contributed by atoms with Crippen LogP contribution in [0, 0.1) is 0 Å². The molecule has 0 atom stereocenters. The zero-order valence-corrected chi connectivity index (χ0v) is 11.5. The highest BCUT2D eigenvalue weighted by Crippen LogP contribution is 2.08. The second-order valence-corrected chi connectivity index (χ2v) is 6.62. The molecular weight excluding hydrogens is 240 g/mol. The summed E-state index contributed by atoms with van der Waals surface area (Å²) in [6, 6.07) is 0. The largest absolute Gasteiger partial charge is 0.396 e. The van der Waals surface area contributed by atoms with Crippen molar-refractivity contribution in [2.24, 2.45) is 0 Å². The molecule has 1 aliphatic rings. The molecule has 0 saturated carbocycles. The Hall–Kier alpha value is -0.170. The lowest BCUT2D eigenvalue weighted by molar-refractivity contribution is 0.185. The van der Waals surface area contributed by atoms with Crippen LogP contribution in [0.15, 0.2) is 0 Å². The van der Waals surface area contributed by atoms with Gasteiger partial charge in [0.2, 0.25) is 10.0 Å². The third-order valence-electron chi connectivity index (χ3n) is 3.18. The van der Waals surface area contributed by atoms with Gasteiger partial charge in [-0.2, -0.15) is 4.31 Å². The van der Waals surface area contributed by atoms with Crippen LogP contribution < -0.4 is 0 Å². The first-order valence-electron chi connectivity index (χ1n) is 6.32. The van der Waals surface area contributed by atoms with Gasteiger partial charge in [-0.1, -0.05) is 12.8 Å². The fourth-order valence-corrected chi connectivity index (χ4v) is 2.91. The summed E-state index contributed by atoms with van der Waals surface area (Å²) in [6.45, 7) is 4.25. The summed E-state index contributed by atoms with van der Waals surface area (Å²) < 4.78 is 24.2. The fraction of sp³-hybridized carbons (Fsp3) is 1.00. The molecule has 0 aromatic rings. The molecule has 5 nitrogen and oxygen atoms in total. The number of aliphatic hydroxyl groups is 1. The number of unbranched alkanes of at least 4 members (excludes halogenated alkanes) is 3. The minimum Gasteiger partial charge on any atom is -0.396 e. The van der Waals surface area contributed by atoms with Crippen molar-refractivity contribution in [3.8, 4) is 0 Å². The maximum Gasteiger partial charge on any atom is 0.211 e. The van der Waals surface area contributed by atoms with E-state index in [4.69, 9.17) is 5.11 Å². The van der Waals surface area contributed by atoms with Gasteiger partial charge in [0.1, 0.15) is 0 Å². The molecule has 0 unspecified atom stereocenters. The summed E-state index contributed by atoms with van der Waals surface area (Å²) in [5.41, 5.74) is 0. The first-order valence-corrected chi connectivity index (χ1v) is 8.17. The quantitative estimate of drug-likeness (QED) is 0.663. The summed E-state index contributed by atoms with van der Waals surface area (Å²) in [6.07, 6.45) is 5.53. The van der Waals surface area contributed by atoms with E-state index in [9.17, 15) is 8.42 Å². The molecule has 0 aromatic heterocycles. The smallest absolute Gasteiger partial charge is 0.211 e. The van der Waals surface area contributed by atoms with Gasteiger partial charge in [0.05, 0.1) is 6.26 Å². The van der Waals surface area contributed by atoms with Crippen molar-refractivity contribution >= 4 is 10.0 Å². The molecule has 0 spiro atoms. The van der Waals surface area contributed by atoms with Crippen LogP contribution in [0.4, 0.5) is 0 Å². The van der Waals surface area contributed by atoms with E-state index < -0.39 is 10.0 Å². The Kier molecular flexibility index (Phi) is 6.40. The lowest BCUT2D eigenvalue weighted by Gasteiger charge is -2.33. The molecule has 1 fully saturated rings. The van der Waals surface area contributed by atoms with Crippen LogP contribution in [0.25, 0.3) is 0 Å². The monoisotopic (exact) mass is 264 g/mol. The van der Waals surface area contributed by atoms with Gasteiger partial charge >= 0.3 is 0 Å². The molecule has 6 heteroatoms. The molecule has 0 radical (unpaired) electrons. The van der Waals surface area contributed by atoms with Crippen LogP contribution >= 0.6 is 0 Å². The predicted octanol–water partition coefficient (Wildman–Crippen LogP) is 0.116. The van der Waals surface area contributed by atoms with Gasteiger partial charge in [-0.3, -0.25) is 0 Å². The third-order valence-corrected chi connectivity index (χ3v) is 4.49. The Morgan fingerprint density at radius 1 is 1.00 bits per heavy atom. The zero-order valence-electron chi connectivity index (χ0n) is 10.6. The van der Waals surface area contributed by atoms with E-state index in [1.54, 1.807) is 4.31 Å². The van der Waals surface area contributed by atoms with Crippen molar-refractivity contribution in [3.05, 3.63) is 0 Å². The van der Waals surface area contributed by atoms with E-state index in [0.717, 1.165) is 45.3 Å². The van der Waals surface area contributed by atoms with Crippen LogP contribution in [0.1, 0.15) is 25.7 Å². The molecule has 102 valence electrons. The van der Waals surface area contributed by atoms with Gasteiger partial charge in [0.15, 0.2) is 0 Å². The first kappa shape index (κ1) is 14.9.